The first-order chi connectivity index (χ1) is 18.2. The van der Waals surface area contributed by atoms with Gasteiger partial charge in [-0.05, 0) is 74.1 Å². The number of nitrogens with one attached hydrogen (secondary N) is 2. The standard InChI is InChI=1S/C30H38N4O3/c35-14-13-31-29-10-9-24(20-32-29)28-18-26(25-3-1-2-4-27(25)34-28)30(36)33-19-23-7-5-21(6-8-23)17-22-11-15-37-16-12-22/h1-4,9-10,18,20-23,35H,5-8,11-17,19H2,(H,31,32)(H,33,36). The maximum atomic E-state index is 13.4. The Bertz CT molecular complexity index is 1170. The number of ether oxygens (including phenoxy) is 1. The second-order valence-corrected chi connectivity index (χ2v) is 10.5. The number of aromatic nitrogens is 2. The number of rotatable bonds is 9. The van der Waals surface area contributed by atoms with Gasteiger partial charge in [0.25, 0.3) is 5.91 Å². The highest BCUT2D eigenvalue weighted by atomic mass is 16.5. The quantitative estimate of drug-likeness (QED) is 0.379. The minimum Gasteiger partial charge on any atom is -0.395 e. The molecule has 3 aromatic rings. The Kier molecular flexibility index (Phi) is 8.64. The molecule has 3 heterocycles. The zero-order chi connectivity index (χ0) is 25.5. The summed E-state index contributed by atoms with van der Waals surface area (Å²) in [7, 11) is 0. The van der Waals surface area contributed by atoms with Crippen LogP contribution in [0.4, 0.5) is 5.82 Å². The lowest BCUT2D eigenvalue weighted by Gasteiger charge is -2.32. The van der Waals surface area contributed by atoms with E-state index in [9.17, 15) is 4.79 Å². The van der Waals surface area contributed by atoms with Gasteiger partial charge in [-0.2, -0.15) is 0 Å². The van der Waals surface area contributed by atoms with Crippen LogP contribution in [0.5, 0.6) is 0 Å². The Labute approximate surface area is 219 Å². The Morgan fingerprint density at radius 2 is 1.73 bits per heavy atom. The van der Waals surface area contributed by atoms with Crippen LogP contribution in [0, 0.1) is 17.8 Å². The highest BCUT2D eigenvalue weighted by Gasteiger charge is 2.25. The Hall–Kier alpha value is -3.03. The molecule has 1 amide bonds. The number of carbonyl (C=O) groups excluding carboxylic acids is 1. The third-order valence-corrected chi connectivity index (χ3v) is 7.96. The Morgan fingerprint density at radius 3 is 2.49 bits per heavy atom. The lowest BCUT2D eigenvalue weighted by molar-refractivity contribution is 0.0549. The molecule has 1 aliphatic heterocycles. The molecular weight excluding hydrogens is 464 g/mol. The maximum absolute atomic E-state index is 13.4. The van der Waals surface area contributed by atoms with Gasteiger partial charge in [0.05, 0.1) is 23.4 Å². The number of carbonyl (C=O) groups is 1. The average Bonchev–Trinajstić information content (AvgIpc) is 2.96. The second kappa shape index (κ2) is 12.5. The van der Waals surface area contributed by atoms with Crippen LogP contribution in [-0.4, -0.2) is 53.9 Å². The first-order valence-electron chi connectivity index (χ1n) is 13.8. The van der Waals surface area contributed by atoms with Crippen LogP contribution in [0.15, 0.2) is 48.7 Å². The Balaban J connectivity index is 1.22. The summed E-state index contributed by atoms with van der Waals surface area (Å²) < 4.78 is 5.52. The fourth-order valence-corrected chi connectivity index (χ4v) is 5.80. The van der Waals surface area contributed by atoms with Crippen molar-refractivity contribution in [1.29, 1.82) is 0 Å². The van der Waals surface area contributed by atoms with E-state index in [-0.39, 0.29) is 12.5 Å². The monoisotopic (exact) mass is 502 g/mol. The van der Waals surface area contributed by atoms with Crippen molar-refractivity contribution in [3.05, 3.63) is 54.2 Å². The predicted molar refractivity (Wildman–Crippen MR) is 146 cm³/mol. The summed E-state index contributed by atoms with van der Waals surface area (Å²) in [5.41, 5.74) is 3.01. The van der Waals surface area contributed by atoms with Gasteiger partial charge in [0.15, 0.2) is 0 Å². The summed E-state index contributed by atoms with van der Waals surface area (Å²) in [6.07, 6.45) is 10.5. The lowest BCUT2D eigenvalue weighted by Crippen LogP contribution is -2.32. The van der Waals surface area contributed by atoms with E-state index in [4.69, 9.17) is 14.8 Å². The second-order valence-electron chi connectivity index (χ2n) is 10.5. The molecular formula is C30H38N4O3. The highest BCUT2D eigenvalue weighted by molar-refractivity contribution is 6.07. The van der Waals surface area contributed by atoms with E-state index >= 15 is 0 Å². The molecule has 5 rings (SSSR count). The molecule has 37 heavy (non-hydrogen) atoms. The van der Waals surface area contributed by atoms with Crippen molar-refractivity contribution >= 4 is 22.6 Å². The molecule has 1 aliphatic carbocycles. The van der Waals surface area contributed by atoms with Gasteiger partial charge in [-0.1, -0.05) is 31.0 Å². The van der Waals surface area contributed by atoms with Gasteiger partial charge in [0, 0.05) is 43.4 Å². The van der Waals surface area contributed by atoms with E-state index in [1.807, 2.05) is 42.5 Å². The van der Waals surface area contributed by atoms with Crippen LogP contribution in [-0.2, 0) is 4.74 Å². The summed E-state index contributed by atoms with van der Waals surface area (Å²) in [6, 6.07) is 13.5. The van der Waals surface area contributed by atoms with E-state index < -0.39 is 0 Å². The molecule has 7 heteroatoms. The number of anilines is 1. The van der Waals surface area contributed by atoms with E-state index in [0.29, 0.717) is 23.8 Å². The summed E-state index contributed by atoms with van der Waals surface area (Å²) in [6.45, 7) is 3.08. The summed E-state index contributed by atoms with van der Waals surface area (Å²) in [5, 5.41) is 16.1. The number of hydrogen-bond donors (Lipinski definition) is 3. The van der Waals surface area contributed by atoms with Gasteiger partial charge in [0.1, 0.15) is 5.82 Å². The van der Waals surface area contributed by atoms with Crippen molar-refractivity contribution in [3.8, 4) is 11.3 Å². The fraction of sp³-hybridized carbons (Fsp3) is 0.500. The van der Waals surface area contributed by atoms with Gasteiger partial charge in [-0.25, -0.2) is 9.97 Å². The molecule has 1 saturated heterocycles. The SMILES string of the molecule is O=C(NCC1CCC(CC2CCOCC2)CC1)c1cc(-c2ccc(NCCO)nc2)nc2ccccc12. The molecule has 1 aromatic carbocycles. The van der Waals surface area contributed by atoms with Gasteiger partial charge < -0.3 is 20.5 Å². The third kappa shape index (κ3) is 6.65. The highest BCUT2D eigenvalue weighted by Crippen LogP contribution is 2.35. The average molecular weight is 503 g/mol. The molecule has 0 spiro atoms. The first kappa shape index (κ1) is 25.6. The zero-order valence-corrected chi connectivity index (χ0v) is 21.5. The van der Waals surface area contributed by atoms with Gasteiger partial charge in [0.2, 0.25) is 0 Å². The maximum Gasteiger partial charge on any atom is 0.252 e. The number of aliphatic hydroxyl groups excluding tert-OH is 1. The van der Waals surface area contributed by atoms with Crippen molar-refractivity contribution in [2.45, 2.75) is 44.9 Å². The van der Waals surface area contributed by atoms with Crippen molar-refractivity contribution in [1.82, 2.24) is 15.3 Å². The van der Waals surface area contributed by atoms with Crippen LogP contribution in [0.3, 0.4) is 0 Å². The fourth-order valence-electron chi connectivity index (χ4n) is 5.80. The molecule has 2 aliphatic rings. The summed E-state index contributed by atoms with van der Waals surface area (Å²) in [5.74, 6) is 2.87. The molecule has 7 nitrogen and oxygen atoms in total. The number of para-hydroxylation sites is 1. The summed E-state index contributed by atoms with van der Waals surface area (Å²) >= 11 is 0. The number of aliphatic hydroxyl groups is 1. The lowest BCUT2D eigenvalue weighted by atomic mass is 9.76. The summed E-state index contributed by atoms with van der Waals surface area (Å²) in [4.78, 5) is 22.6. The van der Waals surface area contributed by atoms with Crippen LogP contribution in [0.2, 0.25) is 0 Å². The number of fused-ring (bicyclic) bond motifs is 1. The molecule has 1 saturated carbocycles. The molecule has 2 aromatic heterocycles. The topological polar surface area (TPSA) is 96.4 Å². The van der Waals surface area contributed by atoms with E-state index in [2.05, 4.69) is 15.6 Å². The van der Waals surface area contributed by atoms with E-state index in [1.165, 1.54) is 44.9 Å². The largest absolute Gasteiger partial charge is 0.395 e. The molecule has 196 valence electrons. The Morgan fingerprint density at radius 1 is 0.973 bits per heavy atom. The number of nitrogens with zero attached hydrogens (tertiary/aromatic N) is 2. The first-order valence-corrected chi connectivity index (χ1v) is 13.8. The van der Waals surface area contributed by atoms with Crippen molar-refractivity contribution in [3.63, 3.8) is 0 Å². The smallest absolute Gasteiger partial charge is 0.252 e. The van der Waals surface area contributed by atoms with Crippen molar-refractivity contribution in [2.24, 2.45) is 17.8 Å². The minimum absolute atomic E-state index is 0.0432. The molecule has 0 bridgehead atoms. The van der Waals surface area contributed by atoms with Gasteiger partial charge in [-0.15, -0.1) is 0 Å². The van der Waals surface area contributed by atoms with Crippen LogP contribution in [0.1, 0.15) is 55.3 Å². The molecule has 0 unspecified atom stereocenters. The molecule has 0 radical (unpaired) electrons. The predicted octanol–water partition coefficient (Wildman–Crippen LogP) is 5.05. The number of amides is 1. The van der Waals surface area contributed by atoms with Gasteiger partial charge >= 0.3 is 0 Å². The third-order valence-electron chi connectivity index (χ3n) is 7.96. The number of pyridine rings is 2. The van der Waals surface area contributed by atoms with E-state index in [1.54, 1.807) is 6.20 Å². The molecule has 0 atom stereocenters. The van der Waals surface area contributed by atoms with Crippen LogP contribution >= 0.6 is 0 Å². The van der Waals surface area contributed by atoms with E-state index in [0.717, 1.165) is 53.8 Å². The zero-order valence-electron chi connectivity index (χ0n) is 21.5. The van der Waals surface area contributed by atoms with Crippen molar-refractivity contribution in [2.75, 3.05) is 38.2 Å². The molecule has 2 fully saturated rings. The van der Waals surface area contributed by atoms with Crippen LogP contribution < -0.4 is 10.6 Å². The number of benzene rings is 1. The minimum atomic E-state index is -0.0432. The van der Waals surface area contributed by atoms with Crippen LogP contribution in [0.25, 0.3) is 22.2 Å². The van der Waals surface area contributed by atoms with Gasteiger partial charge in [-0.3, -0.25) is 4.79 Å². The number of hydrogen-bond acceptors (Lipinski definition) is 6. The van der Waals surface area contributed by atoms with Crippen molar-refractivity contribution < 1.29 is 14.6 Å². The normalized spacial score (nSPS) is 20.6. The molecule has 3 N–H and O–H groups in total.